The van der Waals surface area contributed by atoms with Gasteiger partial charge in [0.25, 0.3) is 5.91 Å². The van der Waals surface area contributed by atoms with Crippen LogP contribution in [0.5, 0.6) is 5.75 Å². The number of nitrogens with one attached hydrogen (secondary N) is 1. The van der Waals surface area contributed by atoms with Gasteiger partial charge in [0.05, 0.1) is 10.7 Å². The van der Waals surface area contributed by atoms with Crippen LogP contribution < -0.4 is 10.1 Å². The summed E-state index contributed by atoms with van der Waals surface area (Å²) in [7, 11) is 1.63. The first-order chi connectivity index (χ1) is 15.4. The minimum atomic E-state index is -2.98. The Morgan fingerprint density at radius 2 is 1.94 bits per heavy atom. The van der Waals surface area contributed by atoms with Crippen LogP contribution in [0.15, 0.2) is 18.2 Å². The number of benzene rings is 1. The summed E-state index contributed by atoms with van der Waals surface area (Å²) >= 11 is 6.57. The van der Waals surface area contributed by atoms with Gasteiger partial charge < -0.3 is 10.1 Å². The predicted molar refractivity (Wildman–Crippen MR) is 127 cm³/mol. The van der Waals surface area contributed by atoms with Crippen LogP contribution in [0.4, 0.5) is 8.78 Å². The van der Waals surface area contributed by atoms with Crippen molar-refractivity contribution in [3.05, 3.63) is 34.5 Å². The molecule has 1 aromatic heterocycles. The van der Waals surface area contributed by atoms with Crippen molar-refractivity contribution in [1.82, 2.24) is 15.1 Å². The van der Waals surface area contributed by atoms with Gasteiger partial charge in [-0.3, -0.25) is 9.48 Å². The molecule has 1 amide bonds. The van der Waals surface area contributed by atoms with Gasteiger partial charge in [-0.25, -0.2) is 0 Å². The van der Waals surface area contributed by atoms with Crippen LogP contribution >= 0.6 is 11.6 Å². The molecule has 1 saturated carbocycles. The largest absolute Gasteiger partial charge is 0.434 e. The molecule has 0 atom stereocenters. The summed E-state index contributed by atoms with van der Waals surface area (Å²) in [6.07, 6.45) is 5.23. The van der Waals surface area contributed by atoms with Crippen molar-refractivity contribution in [3.63, 3.8) is 0 Å². The van der Waals surface area contributed by atoms with Crippen LogP contribution in [0.3, 0.4) is 0 Å². The van der Waals surface area contributed by atoms with Gasteiger partial charge in [0.1, 0.15) is 5.75 Å². The Morgan fingerprint density at radius 3 is 2.55 bits per heavy atom. The highest BCUT2D eigenvalue weighted by molar-refractivity contribution is 6.36. The Morgan fingerprint density at radius 1 is 1.27 bits per heavy atom. The number of alkyl halides is 2. The van der Waals surface area contributed by atoms with Crippen LogP contribution in [0.2, 0.25) is 5.02 Å². The van der Waals surface area contributed by atoms with Gasteiger partial charge >= 0.3 is 6.61 Å². The summed E-state index contributed by atoms with van der Waals surface area (Å²) < 4.78 is 32.6. The van der Waals surface area contributed by atoms with Crippen molar-refractivity contribution in [1.29, 1.82) is 0 Å². The van der Waals surface area contributed by atoms with Gasteiger partial charge in [-0.1, -0.05) is 58.2 Å². The van der Waals surface area contributed by atoms with Crippen LogP contribution in [0, 0.1) is 17.3 Å². The molecule has 1 heterocycles. The van der Waals surface area contributed by atoms with Gasteiger partial charge in [0.15, 0.2) is 5.69 Å². The van der Waals surface area contributed by atoms with Crippen LogP contribution in [0.1, 0.15) is 69.4 Å². The van der Waals surface area contributed by atoms with Crippen LogP contribution in [-0.2, 0) is 13.5 Å². The minimum absolute atomic E-state index is 0.0138. The number of hydrogen-bond acceptors (Lipinski definition) is 3. The summed E-state index contributed by atoms with van der Waals surface area (Å²) in [4.78, 5) is 12.8. The Labute approximate surface area is 199 Å². The topological polar surface area (TPSA) is 56.2 Å². The summed E-state index contributed by atoms with van der Waals surface area (Å²) in [5.74, 6) is 0.846. The van der Waals surface area contributed by atoms with Gasteiger partial charge in [-0.05, 0) is 54.2 Å². The van der Waals surface area contributed by atoms with Crippen molar-refractivity contribution in [2.24, 2.45) is 24.3 Å². The molecular weight excluding hydrogens is 448 g/mol. The summed E-state index contributed by atoms with van der Waals surface area (Å²) in [5, 5.41) is 7.36. The third-order valence-electron chi connectivity index (χ3n) is 6.14. The van der Waals surface area contributed by atoms with Crippen LogP contribution in [0.25, 0.3) is 11.3 Å². The van der Waals surface area contributed by atoms with Gasteiger partial charge in [-0.15, -0.1) is 0 Å². The van der Waals surface area contributed by atoms with Crippen LogP contribution in [-0.4, -0.2) is 28.8 Å². The van der Waals surface area contributed by atoms with E-state index >= 15 is 0 Å². The first-order valence-corrected chi connectivity index (χ1v) is 11.9. The number of halogens is 3. The Hall–Kier alpha value is -2.15. The Balaban J connectivity index is 1.85. The lowest BCUT2D eigenvalue weighted by atomic mass is 9.83. The number of hydrogen-bond donors (Lipinski definition) is 1. The smallest absolute Gasteiger partial charge is 0.387 e. The lowest BCUT2D eigenvalue weighted by molar-refractivity contribution is -0.0495. The highest BCUT2D eigenvalue weighted by Crippen LogP contribution is 2.38. The lowest BCUT2D eigenvalue weighted by Crippen LogP contribution is -2.31. The number of carbonyl (C=O) groups excluding carboxylic acids is 1. The zero-order valence-electron chi connectivity index (χ0n) is 20.1. The van der Waals surface area contributed by atoms with E-state index in [0.29, 0.717) is 30.1 Å². The Kier molecular flexibility index (Phi) is 8.04. The Bertz CT molecular complexity index is 977. The first kappa shape index (κ1) is 25.5. The average molecular weight is 482 g/mol. The molecule has 0 bridgehead atoms. The van der Waals surface area contributed by atoms with Gasteiger partial charge in [0.2, 0.25) is 0 Å². The fourth-order valence-electron chi connectivity index (χ4n) is 4.47. The second kappa shape index (κ2) is 10.4. The minimum Gasteiger partial charge on any atom is -0.434 e. The molecule has 0 saturated heterocycles. The number of carbonyl (C=O) groups is 1. The monoisotopic (exact) mass is 481 g/mol. The zero-order chi connectivity index (χ0) is 24.3. The average Bonchev–Trinajstić information content (AvgIpc) is 3.00. The maximum atomic E-state index is 13.2. The number of rotatable bonds is 7. The third-order valence-corrected chi connectivity index (χ3v) is 6.50. The van der Waals surface area contributed by atoms with Crippen molar-refractivity contribution >= 4 is 17.5 Å². The quantitative estimate of drug-likeness (QED) is 0.492. The maximum Gasteiger partial charge on any atom is 0.387 e. The maximum absolute atomic E-state index is 13.2. The third kappa shape index (κ3) is 6.69. The van der Waals surface area contributed by atoms with E-state index in [1.807, 2.05) is 6.07 Å². The molecular formula is C25H34ClF2N3O2. The van der Waals surface area contributed by atoms with E-state index in [4.69, 9.17) is 16.3 Å². The van der Waals surface area contributed by atoms with E-state index in [1.165, 1.54) is 17.5 Å². The van der Waals surface area contributed by atoms with Crippen molar-refractivity contribution in [3.8, 4) is 17.0 Å². The molecule has 1 aliphatic rings. The van der Waals surface area contributed by atoms with E-state index in [-0.39, 0.29) is 27.8 Å². The molecule has 0 radical (unpaired) electrons. The van der Waals surface area contributed by atoms with E-state index in [1.54, 1.807) is 19.2 Å². The molecule has 8 heteroatoms. The molecule has 33 heavy (non-hydrogen) atoms. The van der Waals surface area contributed by atoms with Crippen molar-refractivity contribution < 1.29 is 18.3 Å². The number of amides is 1. The zero-order valence-corrected chi connectivity index (χ0v) is 20.8. The molecule has 1 fully saturated rings. The fourth-order valence-corrected chi connectivity index (χ4v) is 4.82. The SMILES string of the molecule is CC1CCC(CNC(=O)c2nn(C)c(-c3ccc(CC(C)(C)C)cc3OC(F)F)c2Cl)CC1. The molecule has 3 rings (SSSR count). The standard InChI is InChI=1S/C25H34ClF2N3O2/c1-15-6-8-16(9-7-15)14-29-23(32)21-20(26)22(31(5)30-21)18-11-10-17(13-25(2,3)4)12-19(18)33-24(27)28/h10-12,15-16,24H,6-9,13-14H2,1-5H3,(H,29,32). The van der Waals surface area contributed by atoms with E-state index in [9.17, 15) is 13.6 Å². The highest BCUT2D eigenvalue weighted by atomic mass is 35.5. The number of aryl methyl sites for hydroxylation is 1. The summed E-state index contributed by atoms with van der Waals surface area (Å²) in [6.45, 7) is 6.07. The van der Waals surface area contributed by atoms with Crippen molar-refractivity contribution in [2.75, 3.05) is 6.54 Å². The summed E-state index contributed by atoms with van der Waals surface area (Å²) in [5.41, 5.74) is 1.68. The lowest BCUT2D eigenvalue weighted by Gasteiger charge is -2.26. The molecule has 0 spiro atoms. The second-order valence-corrected chi connectivity index (χ2v) is 10.8. The van der Waals surface area contributed by atoms with Gasteiger partial charge in [-0.2, -0.15) is 13.9 Å². The molecule has 0 aliphatic heterocycles. The van der Waals surface area contributed by atoms with E-state index in [0.717, 1.165) is 24.3 Å². The number of aromatic nitrogens is 2. The summed E-state index contributed by atoms with van der Waals surface area (Å²) in [6, 6.07) is 5.18. The molecule has 1 aliphatic carbocycles. The molecule has 2 aromatic rings. The normalized spacial score (nSPS) is 19.1. The molecule has 182 valence electrons. The second-order valence-electron chi connectivity index (χ2n) is 10.4. The first-order valence-electron chi connectivity index (χ1n) is 11.5. The van der Waals surface area contributed by atoms with Crippen molar-refractivity contribution in [2.45, 2.75) is 66.4 Å². The number of ether oxygens (including phenoxy) is 1. The predicted octanol–water partition coefficient (Wildman–Crippen LogP) is 6.49. The van der Waals surface area contributed by atoms with E-state index < -0.39 is 6.61 Å². The molecule has 1 aromatic carbocycles. The van der Waals surface area contributed by atoms with E-state index in [2.05, 4.69) is 38.1 Å². The van der Waals surface area contributed by atoms with Gasteiger partial charge in [0, 0.05) is 19.2 Å². The molecule has 5 nitrogen and oxygen atoms in total. The number of nitrogens with zero attached hydrogens (tertiary/aromatic N) is 2. The highest BCUT2D eigenvalue weighted by Gasteiger charge is 2.26. The molecule has 1 N–H and O–H groups in total. The fraction of sp³-hybridized carbons (Fsp3) is 0.600. The molecule has 0 unspecified atom stereocenters.